The first-order chi connectivity index (χ1) is 10.8. The van der Waals surface area contributed by atoms with Crippen LogP contribution in [0.2, 0.25) is 0 Å². The third kappa shape index (κ3) is 3.04. The van der Waals surface area contributed by atoms with Crippen molar-refractivity contribution in [2.45, 2.75) is 32.7 Å². The molecule has 1 aromatic carbocycles. The van der Waals surface area contributed by atoms with Crippen molar-refractivity contribution in [3.05, 3.63) is 23.8 Å². The van der Waals surface area contributed by atoms with Crippen molar-refractivity contribution >= 4 is 5.71 Å². The van der Waals surface area contributed by atoms with Gasteiger partial charge in [-0.25, -0.2) is 0 Å². The molecule has 0 bridgehead atoms. The van der Waals surface area contributed by atoms with Gasteiger partial charge < -0.3 is 20.2 Å². The number of piperidine rings is 1. The second kappa shape index (κ2) is 7.01. The normalized spacial score (nSPS) is 23.5. The van der Waals surface area contributed by atoms with E-state index in [1.165, 1.54) is 11.3 Å². The Morgan fingerprint density at radius 3 is 2.95 bits per heavy atom. The number of nitrogens with one attached hydrogen (secondary N) is 2. The molecule has 1 aromatic rings. The van der Waals surface area contributed by atoms with Gasteiger partial charge in [0.25, 0.3) is 0 Å². The highest BCUT2D eigenvalue weighted by molar-refractivity contribution is 5.89. The lowest BCUT2D eigenvalue weighted by Gasteiger charge is -2.25. The van der Waals surface area contributed by atoms with E-state index >= 15 is 0 Å². The molecule has 5 heteroatoms. The van der Waals surface area contributed by atoms with Gasteiger partial charge in [0.05, 0.1) is 19.3 Å². The average molecular weight is 303 g/mol. The summed E-state index contributed by atoms with van der Waals surface area (Å²) in [6.07, 6.45) is 2.02. The molecule has 22 heavy (non-hydrogen) atoms. The molecule has 0 amide bonds. The van der Waals surface area contributed by atoms with Crippen molar-refractivity contribution in [2.75, 3.05) is 26.3 Å². The molecule has 2 aliphatic heterocycles. The molecular weight excluding hydrogens is 278 g/mol. The van der Waals surface area contributed by atoms with Crippen LogP contribution in [-0.2, 0) is 0 Å². The fraction of sp³-hybridized carbons (Fsp3) is 0.588. The minimum absolute atomic E-state index is 0.224. The third-order valence-electron chi connectivity index (χ3n) is 4.19. The molecule has 0 spiro atoms. The lowest BCUT2D eigenvalue weighted by molar-refractivity contribution is 0.276. The second-order valence-corrected chi connectivity index (χ2v) is 5.76. The Labute approximate surface area is 132 Å². The van der Waals surface area contributed by atoms with Crippen LogP contribution in [0.1, 0.15) is 38.3 Å². The summed E-state index contributed by atoms with van der Waals surface area (Å²) in [4.78, 5) is 0. The van der Waals surface area contributed by atoms with Crippen LogP contribution in [0, 0.1) is 5.92 Å². The predicted octanol–water partition coefficient (Wildman–Crippen LogP) is 2.48. The Morgan fingerprint density at radius 1 is 1.23 bits per heavy atom. The molecule has 0 aliphatic carbocycles. The Bertz CT molecular complexity index is 545. The molecule has 1 saturated heterocycles. The van der Waals surface area contributed by atoms with Gasteiger partial charge in [-0.2, -0.15) is 5.10 Å². The van der Waals surface area contributed by atoms with Crippen molar-refractivity contribution in [1.82, 2.24) is 10.7 Å². The van der Waals surface area contributed by atoms with Crippen molar-refractivity contribution in [3.8, 4) is 11.5 Å². The van der Waals surface area contributed by atoms with E-state index < -0.39 is 0 Å². The minimum Gasteiger partial charge on any atom is -0.490 e. The van der Waals surface area contributed by atoms with Gasteiger partial charge in [0.15, 0.2) is 11.5 Å². The molecule has 2 unspecified atom stereocenters. The zero-order chi connectivity index (χ0) is 15.4. The number of hydrazone groups is 1. The molecular formula is C17H25N3O2. The van der Waals surface area contributed by atoms with Crippen LogP contribution >= 0.6 is 0 Å². The topological polar surface area (TPSA) is 54.9 Å². The van der Waals surface area contributed by atoms with Gasteiger partial charge in [-0.1, -0.05) is 13.0 Å². The second-order valence-electron chi connectivity index (χ2n) is 5.76. The molecule has 2 heterocycles. The van der Waals surface area contributed by atoms with E-state index in [2.05, 4.69) is 34.9 Å². The standard InChI is InChI=1S/C17H25N3O2/c1-3-9-22-15-6-5-12(10-16(15)21-4-2)17-13-11-18-8-7-14(13)19-20-17/h5-6,10,13,17-18,20H,3-4,7-9,11H2,1-2H3. The van der Waals surface area contributed by atoms with Gasteiger partial charge in [0.1, 0.15) is 0 Å². The maximum Gasteiger partial charge on any atom is 0.161 e. The molecule has 0 saturated carbocycles. The maximum absolute atomic E-state index is 5.78. The van der Waals surface area contributed by atoms with E-state index in [9.17, 15) is 0 Å². The summed E-state index contributed by atoms with van der Waals surface area (Å²) < 4.78 is 11.5. The molecule has 120 valence electrons. The van der Waals surface area contributed by atoms with E-state index in [0.29, 0.717) is 19.1 Å². The smallest absolute Gasteiger partial charge is 0.161 e. The molecule has 3 rings (SSSR count). The van der Waals surface area contributed by atoms with Crippen LogP contribution in [0.5, 0.6) is 11.5 Å². The summed E-state index contributed by atoms with van der Waals surface area (Å²) >= 11 is 0. The van der Waals surface area contributed by atoms with Gasteiger partial charge >= 0.3 is 0 Å². The van der Waals surface area contributed by atoms with E-state index in [4.69, 9.17) is 9.47 Å². The minimum atomic E-state index is 0.224. The van der Waals surface area contributed by atoms with Gasteiger partial charge in [0.2, 0.25) is 0 Å². The van der Waals surface area contributed by atoms with Crippen LogP contribution in [0.25, 0.3) is 0 Å². The number of nitrogens with zero attached hydrogens (tertiary/aromatic N) is 1. The first-order valence-corrected chi connectivity index (χ1v) is 8.25. The number of rotatable bonds is 6. The first-order valence-electron chi connectivity index (χ1n) is 8.25. The van der Waals surface area contributed by atoms with Crippen LogP contribution in [0.3, 0.4) is 0 Å². The van der Waals surface area contributed by atoms with Crippen LogP contribution in [-0.4, -0.2) is 32.0 Å². The highest BCUT2D eigenvalue weighted by Gasteiger charge is 2.34. The molecule has 2 aliphatic rings. The first kappa shape index (κ1) is 15.2. The number of hydrogen-bond donors (Lipinski definition) is 2. The number of fused-ring (bicyclic) bond motifs is 1. The highest BCUT2D eigenvalue weighted by atomic mass is 16.5. The highest BCUT2D eigenvalue weighted by Crippen LogP contribution is 2.35. The summed E-state index contributed by atoms with van der Waals surface area (Å²) in [5.41, 5.74) is 5.79. The zero-order valence-corrected chi connectivity index (χ0v) is 13.4. The maximum atomic E-state index is 5.78. The van der Waals surface area contributed by atoms with Crippen LogP contribution < -0.4 is 20.2 Å². The van der Waals surface area contributed by atoms with E-state index in [1.54, 1.807) is 0 Å². The number of benzene rings is 1. The molecule has 0 radical (unpaired) electrons. The Morgan fingerprint density at radius 2 is 2.14 bits per heavy atom. The molecule has 5 nitrogen and oxygen atoms in total. The summed E-state index contributed by atoms with van der Waals surface area (Å²) in [7, 11) is 0. The van der Waals surface area contributed by atoms with Gasteiger partial charge in [-0.05, 0) is 31.0 Å². The largest absolute Gasteiger partial charge is 0.490 e. The Kier molecular flexibility index (Phi) is 4.83. The fourth-order valence-corrected chi connectivity index (χ4v) is 3.09. The summed E-state index contributed by atoms with van der Waals surface area (Å²) in [5.74, 6) is 2.09. The van der Waals surface area contributed by atoms with Crippen molar-refractivity contribution in [3.63, 3.8) is 0 Å². The summed E-state index contributed by atoms with van der Waals surface area (Å²) in [6, 6.07) is 6.46. The SMILES string of the molecule is CCCOc1ccc(C2NN=C3CCNCC32)cc1OCC. The lowest BCUT2D eigenvalue weighted by atomic mass is 9.87. The molecule has 2 N–H and O–H groups in total. The monoisotopic (exact) mass is 303 g/mol. The predicted molar refractivity (Wildman–Crippen MR) is 87.7 cm³/mol. The molecule has 2 atom stereocenters. The molecule has 0 aromatic heterocycles. The van der Waals surface area contributed by atoms with Crippen molar-refractivity contribution in [2.24, 2.45) is 11.0 Å². The summed E-state index contributed by atoms with van der Waals surface area (Å²) in [6.45, 7) is 7.45. The number of ether oxygens (including phenoxy) is 2. The Balaban J connectivity index is 1.80. The third-order valence-corrected chi connectivity index (χ3v) is 4.19. The van der Waals surface area contributed by atoms with Crippen molar-refractivity contribution in [1.29, 1.82) is 0 Å². The van der Waals surface area contributed by atoms with E-state index in [1.807, 2.05) is 13.0 Å². The lowest BCUT2D eigenvalue weighted by Crippen LogP contribution is -2.38. The van der Waals surface area contributed by atoms with Gasteiger partial charge in [-0.15, -0.1) is 0 Å². The van der Waals surface area contributed by atoms with Gasteiger partial charge in [-0.3, -0.25) is 0 Å². The Hall–Kier alpha value is -1.75. The van der Waals surface area contributed by atoms with Crippen LogP contribution in [0.4, 0.5) is 0 Å². The van der Waals surface area contributed by atoms with Crippen LogP contribution in [0.15, 0.2) is 23.3 Å². The van der Waals surface area contributed by atoms with E-state index in [0.717, 1.165) is 37.4 Å². The quantitative estimate of drug-likeness (QED) is 0.848. The van der Waals surface area contributed by atoms with Crippen molar-refractivity contribution < 1.29 is 9.47 Å². The van der Waals surface area contributed by atoms with Gasteiger partial charge in [0, 0.05) is 31.1 Å². The zero-order valence-electron chi connectivity index (χ0n) is 13.4. The average Bonchev–Trinajstić information content (AvgIpc) is 2.98. The number of hydrogen-bond acceptors (Lipinski definition) is 5. The fourth-order valence-electron chi connectivity index (χ4n) is 3.09. The molecule has 1 fully saturated rings. The summed E-state index contributed by atoms with van der Waals surface area (Å²) in [5, 5.41) is 7.98. The van der Waals surface area contributed by atoms with E-state index in [-0.39, 0.29) is 6.04 Å².